The first kappa shape index (κ1) is 21.9. The first-order valence-corrected chi connectivity index (χ1v) is 9.71. The van der Waals surface area contributed by atoms with Crippen LogP contribution < -0.4 is 10.6 Å². The summed E-state index contributed by atoms with van der Waals surface area (Å²) in [5, 5.41) is 18.3. The second-order valence-electron chi connectivity index (χ2n) is 6.90. The number of hydrogen-bond acceptors (Lipinski definition) is 7. The van der Waals surface area contributed by atoms with Crippen LogP contribution in [0.4, 0.5) is 29.3 Å². The van der Waals surface area contributed by atoms with Crippen molar-refractivity contribution < 1.29 is 17.6 Å². The molecule has 1 aromatic carbocycles. The summed E-state index contributed by atoms with van der Waals surface area (Å²) in [5.74, 6) is -0.678. The number of benzene rings is 1. The fourth-order valence-electron chi connectivity index (χ4n) is 2.97. The summed E-state index contributed by atoms with van der Waals surface area (Å²) >= 11 is 0. The maximum atomic E-state index is 13.2. The Morgan fingerprint density at radius 2 is 1.76 bits per heavy atom. The van der Waals surface area contributed by atoms with E-state index in [2.05, 4.69) is 30.7 Å². The molecule has 0 saturated carbocycles. The third kappa shape index (κ3) is 4.98. The van der Waals surface area contributed by atoms with Gasteiger partial charge in [0.05, 0.1) is 11.3 Å². The lowest BCUT2D eigenvalue weighted by Crippen LogP contribution is -2.17. The van der Waals surface area contributed by atoms with Crippen molar-refractivity contribution in [2.24, 2.45) is 0 Å². The highest BCUT2D eigenvalue weighted by Gasteiger charge is 2.36. The number of rotatable bonds is 7. The quantitative estimate of drug-likeness (QED) is 0.319. The van der Waals surface area contributed by atoms with Crippen molar-refractivity contribution >= 4 is 17.4 Å². The van der Waals surface area contributed by atoms with E-state index in [4.69, 9.17) is 5.26 Å². The van der Waals surface area contributed by atoms with Gasteiger partial charge in [0.2, 0.25) is 5.95 Å². The molecule has 33 heavy (non-hydrogen) atoms. The highest BCUT2D eigenvalue weighted by molar-refractivity contribution is 5.66. The summed E-state index contributed by atoms with van der Waals surface area (Å²) in [7, 11) is 0. The van der Waals surface area contributed by atoms with Gasteiger partial charge in [-0.25, -0.2) is 19.3 Å². The minimum absolute atomic E-state index is 0.0360. The molecule has 2 N–H and O–H groups in total. The van der Waals surface area contributed by atoms with Crippen molar-refractivity contribution in [3.8, 4) is 17.3 Å². The summed E-state index contributed by atoms with van der Waals surface area (Å²) in [6, 6.07) is 13.0. The zero-order valence-corrected chi connectivity index (χ0v) is 16.9. The topological polar surface area (TPSA) is 104 Å². The lowest BCUT2D eigenvalue weighted by molar-refractivity contribution is -0.144. The Morgan fingerprint density at radius 1 is 1.00 bits per heavy atom. The third-order valence-corrected chi connectivity index (χ3v) is 4.59. The van der Waals surface area contributed by atoms with E-state index in [-0.39, 0.29) is 18.1 Å². The van der Waals surface area contributed by atoms with Crippen molar-refractivity contribution in [2.45, 2.75) is 12.9 Å². The number of hydrogen-bond donors (Lipinski definition) is 2. The van der Waals surface area contributed by atoms with Crippen molar-refractivity contribution in [1.82, 2.24) is 24.6 Å². The Morgan fingerprint density at radius 3 is 2.39 bits per heavy atom. The highest BCUT2D eigenvalue weighted by Crippen LogP contribution is 2.28. The van der Waals surface area contributed by atoms with Gasteiger partial charge in [0, 0.05) is 30.9 Å². The smallest absolute Gasteiger partial charge is 0.368 e. The molecule has 0 bridgehead atoms. The van der Waals surface area contributed by atoms with Crippen LogP contribution in [-0.4, -0.2) is 37.7 Å². The molecule has 8 nitrogen and oxygen atoms in total. The fourth-order valence-corrected chi connectivity index (χ4v) is 2.97. The van der Waals surface area contributed by atoms with Crippen LogP contribution in [0.5, 0.6) is 0 Å². The molecular formula is C21H16F4N8. The average molecular weight is 456 g/mol. The second kappa shape index (κ2) is 9.07. The van der Waals surface area contributed by atoms with E-state index in [9.17, 15) is 17.6 Å². The normalized spacial score (nSPS) is 11.4. The SMILES string of the molecule is N#Cc1ccc(NCCNc2nc(-c3ccc(CF)cc3)cc3nc(C(F)(F)F)nn23)nc1. The first-order chi connectivity index (χ1) is 15.9. The van der Waals surface area contributed by atoms with Gasteiger partial charge in [0.15, 0.2) is 5.65 Å². The standard InChI is InChI=1S/C21H16F4N8/c22-10-13-1-4-15(5-2-13)16-9-18-31-19(21(23,24)25)32-33(18)20(30-16)28-8-7-27-17-6-3-14(11-26)12-29-17/h1-6,9,12H,7-8,10H2,(H,27,29)(H,28,30). The van der Waals surface area contributed by atoms with Gasteiger partial charge in [0.25, 0.3) is 5.82 Å². The van der Waals surface area contributed by atoms with Gasteiger partial charge < -0.3 is 10.6 Å². The van der Waals surface area contributed by atoms with Gasteiger partial charge in [-0.2, -0.15) is 22.9 Å². The van der Waals surface area contributed by atoms with Gasteiger partial charge >= 0.3 is 6.18 Å². The molecule has 168 valence electrons. The number of alkyl halides is 4. The van der Waals surface area contributed by atoms with Crippen molar-refractivity contribution in [1.29, 1.82) is 5.26 Å². The average Bonchev–Trinajstić information content (AvgIpc) is 3.27. The molecule has 0 fully saturated rings. The maximum absolute atomic E-state index is 13.2. The fraction of sp³-hybridized carbons (Fsp3) is 0.190. The Kier molecular flexibility index (Phi) is 6.03. The van der Waals surface area contributed by atoms with Gasteiger partial charge in [-0.15, -0.1) is 5.10 Å². The molecule has 4 aromatic rings. The molecule has 0 amide bonds. The number of anilines is 2. The van der Waals surface area contributed by atoms with Gasteiger partial charge in [0.1, 0.15) is 18.6 Å². The molecule has 4 rings (SSSR count). The maximum Gasteiger partial charge on any atom is 0.453 e. The van der Waals surface area contributed by atoms with Crippen LogP contribution in [0.2, 0.25) is 0 Å². The largest absolute Gasteiger partial charge is 0.453 e. The number of pyridine rings is 1. The summed E-state index contributed by atoms with van der Waals surface area (Å²) < 4.78 is 53.3. The molecule has 3 aromatic heterocycles. The Bertz CT molecular complexity index is 1290. The predicted octanol–water partition coefficient (Wildman–Crippen LogP) is 4.07. The number of nitrogens with zero attached hydrogens (tertiary/aromatic N) is 6. The van der Waals surface area contributed by atoms with E-state index in [1.807, 2.05) is 6.07 Å². The second-order valence-corrected chi connectivity index (χ2v) is 6.90. The van der Waals surface area contributed by atoms with Crippen LogP contribution in [0, 0.1) is 11.3 Å². The minimum Gasteiger partial charge on any atom is -0.368 e. The highest BCUT2D eigenvalue weighted by atomic mass is 19.4. The zero-order chi connectivity index (χ0) is 23.4. The van der Waals surface area contributed by atoms with Gasteiger partial charge in [-0.3, -0.25) is 0 Å². The van der Waals surface area contributed by atoms with E-state index >= 15 is 0 Å². The Labute approximate surface area is 184 Å². The molecule has 0 spiro atoms. The van der Waals surface area contributed by atoms with Crippen LogP contribution in [0.3, 0.4) is 0 Å². The Hall–Kier alpha value is -4.27. The zero-order valence-electron chi connectivity index (χ0n) is 16.9. The predicted molar refractivity (Wildman–Crippen MR) is 112 cm³/mol. The van der Waals surface area contributed by atoms with E-state index in [0.717, 1.165) is 4.52 Å². The van der Waals surface area contributed by atoms with Crippen LogP contribution in [0.1, 0.15) is 17.0 Å². The third-order valence-electron chi connectivity index (χ3n) is 4.59. The van der Waals surface area contributed by atoms with Crippen LogP contribution in [0.15, 0.2) is 48.7 Å². The number of nitrogens with one attached hydrogen (secondary N) is 2. The molecule has 0 aliphatic rings. The molecule has 3 heterocycles. The molecule has 0 aliphatic carbocycles. The Balaban J connectivity index is 1.58. The van der Waals surface area contributed by atoms with Crippen LogP contribution in [-0.2, 0) is 12.9 Å². The molecule has 0 aliphatic heterocycles. The summed E-state index contributed by atoms with van der Waals surface area (Å²) in [6.07, 6.45) is -3.29. The van der Waals surface area contributed by atoms with E-state index < -0.39 is 18.7 Å². The van der Waals surface area contributed by atoms with E-state index in [0.29, 0.717) is 34.7 Å². The lowest BCUT2D eigenvalue weighted by Gasteiger charge is -2.11. The first-order valence-electron chi connectivity index (χ1n) is 9.71. The monoisotopic (exact) mass is 456 g/mol. The number of fused-ring (bicyclic) bond motifs is 1. The molecule has 0 radical (unpaired) electrons. The van der Waals surface area contributed by atoms with Crippen molar-refractivity contribution in [3.63, 3.8) is 0 Å². The number of nitriles is 1. The molecule has 0 saturated heterocycles. The van der Waals surface area contributed by atoms with E-state index in [1.54, 1.807) is 36.4 Å². The summed E-state index contributed by atoms with van der Waals surface area (Å²) in [4.78, 5) is 12.1. The lowest BCUT2D eigenvalue weighted by atomic mass is 10.1. The summed E-state index contributed by atoms with van der Waals surface area (Å²) in [5.41, 5.74) is 1.81. The number of halogens is 4. The minimum atomic E-state index is -4.71. The molecular weight excluding hydrogens is 440 g/mol. The van der Waals surface area contributed by atoms with Crippen LogP contribution in [0.25, 0.3) is 16.9 Å². The number of aromatic nitrogens is 5. The van der Waals surface area contributed by atoms with Crippen molar-refractivity contribution in [2.75, 3.05) is 23.7 Å². The van der Waals surface area contributed by atoms with E-state index in [1.165, 1.54) is 12.3 Å². The molecule has 0 atom stereocenters. The van der Waals surface area contributed by atoms with Gasteiger partial charge in [-0.05, 0) is 17.7 Å². The molecule has 12 heteroatoms. The molecule has 0 unspecified atom stereocenters. The summed E-state index contributed by atoms with van der Waals surface area (Å²) in [6.45, 7) is 0.00727. The van der Waals surface area contributed by atoms with Crippen LogP contribution >= 0.6 is 0 Å². The van der Waals surface area contributed by atoms with Gasteiger partial charge in [-0.1, -0.05) is 24.3 Å². The van der Waals surface area contributed by atoms with Crippen molar-refractivity contribution in [3.05, 3.63) is 65.6 Å².